The van der Waals surface area contributed by atoms with Crippen molar-refractivity contribution < 1.29 is 4.79 Å². The molecule has 1 saturated carbocycles. The van der Waals surface area contributed by atoms with Crippen LogP contribution < -0.4 is 10.6 Å². The molecular weight excluding hydrogens is 262 g/mol. The van der Waals surface area contributed by atoms with Crippen molar-refractivity contribution in [2.24, 2.45) is 4.99 Å². The van der Waals surface area contributed by atoms with Gasteiger partial charge in [0.25, 0.3) is 5.91 Å². The highest BCUT2D eigenvalue weighted by Gasteiger charge is 2.49. The summed E-state index contributed by atoms with van der Waals surface area (Å²) in [4.78, 5) is 16.8. The summed E-state index contributed by atoms with van der Waals surface area (Å²) in [6, 6.07) is 6.25. The number of fused-ring (bicyclic) bond motifs is 1. The number of carbonyl (C=O) groups excluding carboxylic acids is 1. The Kier molecular flexibility index (Phi) is 2.22. The smallest absolute Gasteiger partial charge is 0.253 e. The van der Waals surface area contributed by atoms with E-state index in [1.165, 1.54) is 5.56 Å². The third kappa shape index (κ3) is 1.82. The van der Waals surface area contributed by atoms with E-state index in [4.69, 9.17) is 11.6 Å². The minimum atomic E-state index is -0.555. The second-order valence-corrected chi connectivity index (χ2v) is 6.07. The van der Waals surface area contributed by atoms with Crippen LogP contribution in [0.1, 0.15) is 24.0 Å². The van der Waals surface area contributed by atoms with E-state index >= 15 is 0 Å². The number of carbonyl (C=O) groups is 1. The predicted octanol–water partition coefficient (Wildman–Crippen LogP) is 1.42. The molecule has 1 saturated heterocycles. The van der Waals surface area contributed by atoms with Crippen molar-refractivity contribution in [1.82, 2.24) is 10.6 Å². The molecule has 2 N–H and O–H groups in total. The number of benzene rings is 1. The van der Waals surface area contributed by atoms with Gasteiger partial charge in [-0.15, -0.1) is 0 Å². The van der Waals surface area contributed by atoms with Crippen molar-refractivity contribution in [2.45, 2.75) is 37.3 Å². The first kappa shape index (κ1) is 11.3. The summed E-state index contributed by atoms with van der Waals surface area (Å²) in [5.41, 5.74) is 1.79. The molecular formula is C14H14ClN3O. The molecule has 1 unspecified atom stereocenters. The largest absolute Gasteiger partial charge is 0.341 e. The standard InChI is InChI=1S/C14H14ClN3O/c15-10-2-1-8-6-14(7-9(8)5-10)12(19)17-13(18-14)16-11-3-4-11/h1-2,5,11H,3-4,6-7H2,(H2,16,17,18,19). The van der Waals surface area contributed by atoms with Gasteiger partial charge in [0.2, 0.25) is 0 Å². The third-order valence-corrected chi connectivity index (χ3v) is 4.27. The van der Waals surface area contributed by atoms with E-state index in [0.717, 1.165) is 23.4 Å². The van der Waals surface area contributed by atoms with Crippen LogP contribution in [0.25, 0.3) is 0 Å². The summed E-state index contributed by atoms with van der Waals surface area (Å²) in [5.74, 6) is 0.672. The maximum Gasteiger partial charge on any atom is 0.253 e. The van der Waals surface area contributed by atoms with Gasteiger partial charge in [-0.2, -0.15) is 0 Å². The molecule has 1 aliphatic heterocycles. The summed E-state index contributed by atoms with van der Waals surface area (Å²) in [6.07, 6.45) is 3.64. The van der Waals surface area contributed by atoms with Crippen molar-refractivity contribution in [2.75, 3.05) is 0 Å². The topological polar surface area (TPSA) is 53.5 Å². The van der Waals surface area contributed by atoms with Crippen molar-refractivity contribution in [3.63, 3.8) is 0 Å². The van der Waals surface area contributed by atoms with Crippen LogP contribution in [0.3, 0.4) is 0 Å². The molecule has 4 nitrogen and oxygen atoms in total. The molecule has 3 aliphatic rings. The molecule has 1 aromatic rings. The predicted molar refractivity (Wildman–Crippen MR) is 73.3 cm³/mol. The Balaban J connectivity index is 1.64. The summed E-state index contributed by atoms with van der Waals surface area (Å²) in [7, 11) is 0. The molecule has 19 heavy (non-hydrogen) atoms. The molecule has 2 fully saturated rings. The number of nitrogens with one attached hydrogen (secondary N) is 2. The van der Waals surface area contributed by atoms with Gasteiger partial charge in [0, 0.05) is 17.9 Å². The Bertz CT molecular complexity index is 609. The lowest BCUT2D eigenvalue weighted by Gasteiger charge is -2.19. The Morgan fingerprint density at radius 2 is 2.05 bits per heavy atom. The number of aliphatic imine (C=N–C) groups is 1. The van der Waals surface area contributed by atoms with Crippen molar-refractivity contribution in [3.05, 3.63) is 34.3 Å². The molecule has 1 atom stereocenters. The number of hydrogen-bond acceptors (Lipinski definition) is 2. The minimum Gasteiger partial charge on any atom is -0.341 e. The Hall–Kier alpha value is -1.55. The second-order valence-electron chi connectivity index (χ2n) is 5.64. The molecule has 0 bridgehead atoms. The zero-order valence-corrected chi connectivity index (χ0v) is 11.1. The van der Waals surface area contributed by atoms with Gasteiger partial charge in [-0.05, 0) is 36.1 Å². The fraction of sp³-hybridized carbons (Fsp3) is 0.429. The lowest BCUT2D eigenvalue weighted by atomic mass is 9.96. The molecule has 1 aromatic carbocycles. The van der Waals surface area contributed by atoms with Crippen LogP contribution in [0, 0.1) is 0 Å². The summed E-state index contributed by atoms with van der Waals surface area (Å²) in [5, 5.41) is 6.90. The van der Waals surface area contributed by atoms with Crippen LogP contribution in [0.2, 0.25) is 5.02 Å². The first-order valence-corrected chi connectivity index (χ1v) is 6.97. The highest BCUT2D eigenvalue weighted by atomic mass is 35.5. The fourth-order valence-corrected chi connectivity index (χ4v) is 3.08. The van der Waals surface area contributed by atoms with Crippen molar-refractivity contribution >= 4 is 23.5 Å². The lowest BCUT2D eigenvalue weighted by molar-refractivity contribution is -0.123. The molecule has 2 aliphatic carbocycles. The average Bonchev–Trinajstić information content (AvgIpc) is 3.01. The summed E-state index contributed by atoms with van der Waals surface area (Å²) < 4.78 is 0. The molecule has 4 rings (SSSR count). The molecule has 1 amide bonds. The van der Waals surface area contributed by atoms with Crippen molar-refractivity contribution in [1.29, 1.82) is 0 Å². The number of guanidine groups is 1. The molecule has 1 heterocycles. The quantitative estimate of drug-likeness (QED) is 0.814. The molecule has 0 radical (unpaired) electrons. The van der Waals surface area contributed by atoms with Crippen molar-refractivity contribution in [3.8, 4) is 0 Å². The molecule has 5 heteroatoms. The number of halogens is 1. The first-order chi connectivity index (χ1) is 9.14. The summed E-state index contributed by atoms with van der Waals surface area (Å²) >= 11 is 6.02. The van der Waals surface area contributed by atoms with E-state index < -0.39 is 5.54 Å². The number of hydrogen-bond donors (Lipinski definition) is 2. The van der Waals surface area contributed by atoms with E-state index in [2.05, 4.69) is 15.6 Å². The van der Waals surface area contributed by atoms with Crippen LogP contribution in [0.4, 0.5) is 0 Å². The van der Waals surface area contributed by atoms with Crippen LogP contribution in [-0.4, -0.2) is 23.4 Å². The number of amides is 1. The monoisotopic (exact) mass is 275 g/mol. The van der Waals surface area contributed by atoms with Crippen LogP contribution in [0.5, 0.6) is 0 Å². The van der Waals surface area contributed by atoms with Crippen LogP contribution in [-0.2, 0) is 17.6 Å². The minimum absolute atomic E-state index is 0.0271. The zero-order chi connectivity index (χ0) is 13.0. The van der Waals surface area contributed by atoms with Gasteiger partial charge in [0.1, 0.15) is 5.54 Å². The molecule has 98 valence electrons. The normalized spacial score (nSPS) is 30.6. The van der Waals surface area contributed by atoms with Gasteiger partial charge >= 0.3 is 0 Å². The maximum atomic E-state index is 12.3. The second kappa shape index (κ2) is 3.73. The Morgan fingerprint density at radius 3 is 2.84 bits per heavy atom. The van der Waals surface area contributed by atoms with Gasteiger partial charge in [0.05, 0.1) is 6.04 Å². The highest BCUT2D eigenvalue weighted by Crippen LogP contribution is 2.34. The summed E-state index contributed by atoms with van der Waals surface area (Å²) in [6.45, 7) is 0. The van der Waals surface area contributed by atoms with Gasteiger partial charge in [0.15, 0.2) is 5.96 Å². The Morgan fingerprint density at radius 1 is 1.26 bits per heavy atom. The van der Waals surface area contributed by atoms with Gasteiger partial charge in [-0.3, -0.25) is 10.1 Å². The van der Waals surface area contributed by atoms with E-state index in [1.54, 1.807) is 0 Å². The Labute approximate surface area is 116 Å². The van der Waals surface area contributed by atoms with E-state index in [9.17, 15) is 4.79 Å². The number of nitrogens with zero attached hydrogens (tertiary/aromatic N) is 1. The highest BCUT2D eigenvalue weighted by molar-refractivity contribution is 6.30. The van der Waals surface area contributed by atoms with Gasteiger partial charge < -0.3 is 5.32 Å². The lowest BCUT2D eigenvalue weighted by Crippen LogP contribution is -2.47. The van der Waals surface area contributed by atoms with E-state index in [-0.39, 0.29) is 5.91 Å². The molecule has 1 spiro atoms. The van der Waals surface area contributed by atoms with E-state index in [0.29, 0.717) is 24.8 Å². The number of rotatable bonds is 1. The fourth-order valence-electron chi connectivity index (χ4n) is 2.89. The van der Waals surface area contributed by atoms with E-state index in [1.807, 2.05) is 18.2 Å². The third-order valence-electron chi connectivity index (χ3n) is 4.04. The first-order valence-electron chi connectivity index (χ1n) is 6.59. The zero-order valence-electron chi connectivity index (χ0n) is 10.4. The molecule has 0 aromatic heterocycles. The van der Waals surface area contributed by atoms with Crippen LogP contribution >= 0.6 is 11.6 Å². The SMILES string of the molecule is O=C1NC(=NC2CC2)NC12Cc1ccc(Cl)cc1C2. The average molecular weight is 276 g/mol. The van der Waals surface area contributed by atoms with Gasteiger partial charge in [-0.25, -0.2) is 4.99 Å². The van der Waals surface area contributed by atoms with Gasteiger partial charge in [-0.1, -0.05) is 17.7 Å². The van der Waals surface area contributed by atoms with Crippen LogP contribution in [0.15, 0.2) is 23.2 Å². The maximum absolute atomic E-state index is 12.3.